The van der Waals surface area contributed by atoms with Crippen molar-refractivity contribution in [3.8, 4) is 0 Å². The summed E-state index contributed by atoms with van der Waals surface area (Å²) in [6, 6.07) is 12.0. The van der Waals surface area contributed by atoms with Gasteiger partial charge in [-0.2, -0.15) is 0 Å². The Morgan fingerprint density at radius 1 is 0.804 bits per heavy atom. The molecule has 252 valence electrons. The summed E-state index contributed by atoms with van der Waals surface area (Å²) in [5.74, 6) is -1.33. The van der Waals surface area contributed by atoms with Gasteiger partial charge in [0.05, 0.1) is 0 Å². The molecule has 0 aromatic heterocycles. The van der Waals surface area contributed by atoms with Gasteiger partial charge in [-0.15, -0.1) is 0 Å². The van der Waals surface area contributed by atoms with Gasteiger partial charge in [0.1, 0.15) is 29.3 Å². The third-order valence-corrected chi connectivity index (χ3v) is 7.52. The minimum Gasteiger partial charge on any atom is -0.458 e. The summed E-state index contributed by atoms with van der Waals surface area (Å²) in [5, 5.41) is 5.79. The van der Waals surface area contributed by atoms with Crippen LogP contribution in [-0.4, -0.2) is 58.1 Å². The molecule has 0 spiro atoms. The number of esters is 1. The molecule has 2 aromatic rings. The monoisotopic (exact) mass is 635 g/mol. The maximum absolute atomic E-state index is 14.6. The summed E-state index contributed by atoms with van der Waals surface area (Å²) in [6.07, 6.45) is 1.33. The van der Waals surface area contributed by atoms with Gasteiger partial charge in [-0.3, -0.25) is 9.59 Å². The normalized spacial score (nSPS) is 15.4. The SMILES string of the molecule is Cc1cccc(C)c1C(C(=O)NC(Cc1ccccc1)C(=O)OC(C)(C)C)N(C(=O)C(CC(C)C)NC(=O)OC(C)(C)C)C1CC1. The molecular formula is C37H53N3O6. The highest BCUT2D eigenvalue weighted by atomic mass is 16.6. The fourth-order valence-corrected chi connectivity index (χ4v) is 5.52. The number of carbonyl (C=O) groups is 4. The molecule has 2 aromatic carbocycles. The molecule has 0 heterocycles. The van der Waals surface area contributed by atoms with Crippen LogP contribution in [-0.2, 0) is 30.3 Å². The third-order valence-electron chi connectivity index (χ3n) is 7.52. The maximum atomic E-state index is 14.6. The van der Waals surface area contributed by atoms with E-state index in [1.807, 2.05) is 76.2 Å². The van der Waals surface area contributed by atoms with Gasteiger partial charge in [0.15, 0.2) is 0 Å². The zero-order valence-electron chi connectivity index (χ0n) is 29.2. The smallest absolute Gasteiger partial charge is 0.408 e. The first-order valence-electron chi connectivity index (χ1n) is 16.3. The summed E-state index contributed by atoms with van der Waals surface area (Å²) in [6.45, 7) is 18.4. The molecule has 3 atom stereocenters. The number of carbonyl (C=O) groups excluding carboxylic acids is 4. The van der Waals surface area contributed by atoms with Crippen molar-refractivity contribution in [1.82, 2.24) is 15.5 Å². The number of amides is 3. The van der Waals surface area contributed by atoms with Crippen molar-refractivity contribution in [2.75, 3.05) is 0 Å². The molecule has 3 amide bonds. The number of rotatable bonds is 12. The molecule has 1 aliphatic rings. The average Bonchev–Trinajstić information content (AvgIpc) is 3.75. The Balaban J connectivity index is 2.08. The first kappa shape index (κ1) is 36.6. The Hall–Kier alpha value is -3.88. The van der Waals surface area contributed by atoms with Crippen LogP contribution in [0.25, 0.3) is 0 Å². The predicted molar refractivity (Wildman–Crippen MR) is 179 cm³/mol. The molecule has 1 aliphatic carbocycles. The van der Waals surface area contributed by atoms with Crippen molar-refractivity contribution in [2.45, 2.75) is 130 Å². The third kappa shape index (κ3) is 10.9. The van der Waals surface area contributed by atoms with Crippen LogP contribution >= 0.6 is 0 Å². The van der Waals surface area contributed by atoms with Crippen LogP contribution in [0.5, 0.6) is 0 Å². The van der Waals surface area contributed by atoms with Gasteiger partial charge in [-0.25, -0.2) is 9.59 Å². The van der Waals surface area contributed by atoms with E-state index < -0.39 is 47.3 Å². The first-order valence-corrected chi connectivity index (χ1v) is 16.3. The molecule has 9 heteroatoms. The molecule has 0 aliphatic heterocycles. The van der Waals surface area contributed by atoms with Crippen molar-refractivity contribution < 1.29 is 28.7 Å². The van der Waals surface area contributed by atoms with Gasteiger partial charge >= 0.3 is 12.1 Å². The van der Waals surface area contributed by atoms with Crippen molar-refractivity contribution in [2.24, 2.45) is 5.92 Å². The van der Waals surface area contributed by atoms with Crippen molar-refractivity contribution in [3.63, 3.8) is 0 Å². The highest BCUT2D eigenvalue weighted by Crippen LogP contribution is 2.38. The average molecular weight is 636 g/mol. The van der Waals surface area contributed by atoms with E-state index in [-0.39, 0.29) is 24.3 Å². The molecule has 1 saturated carbocycles. The number of nitrogens with zero attached hydrogens (tertiary/aromatic N) is 1. The number of aryl methyl sites for hydroxylation is 2. The summed E-state index contributed by atoms with van der Waals surface area (Å²) in [5.41, 5.74) is 1.73. The molecule has 2 N–H and O–H groups in total. The van der Waals surface area contributed by atoms with Gasteiger partial charge in [-0.05, 0) is 103 Å². The molecule has 3 unspecified atom stereocenters. The van der Waals surface area contributed by atoms with Crippen LogP contribution in [0, 0.1) is 19.8 Å². The molecule has 3 rings (SSSR count). The lowest BCUT2D eigenvalue weighted by Crippen LogP contribution is -2.56. The molecule has 0 radical (unpaired) electrons. The van der Waals surface area contributed by atoms with Crippen LogP contribution in [0.3, 0.4) is 0 Å². The Morgan fingerprint density at radius 2 is 1.37 bits per heavy atom. The molecule has 46 heavy (non-hydrogen) atoms. The standard InChI is InChI=1S/C37H53N3O6/c1-23(2)21-28(39-35(44)46-37(8,9)10)33(42)40(27-19-20-27)31(30-24(3)15-14-16-25(30)4)32(41)38-29(34(43)45-36(5,6)7)22-26-17-12-11-13-18-26/h11-18,23,27-29,31H,19-22H2,1-10H3,(H,38,41)(H,39,44). The number of nitrogens with one attached hydrogen (secondary N) is 2. The van der Waals surface area contributed by atoms with Gasteiger partial charge in [-0.1, -0.05) is 62.4 Å². The Morgan fingerprint density at radius 3 is 1.87 bits per heavy atom. The predicted octanol–water partition coefficient (Wildman–Crippen LogP) is 6.34. The van der Waals surface area contributed by atoms with Crippen LogP contribution in [0.15, 0.2) is 48.5 Å². The van der Waals surface area contributed by atoms with Crippen LogP contribution in [0.2, 0.25) is 0 Å². The second-order valence-corrected chi connectivity index (χ2v) is 14.8. The summed E-state index contributed by atoms with van der Waals surface area (Å²) >= 11 is 0. The molecular weight excluding hydrogens is 582 g/mol. The number of hydrogen-bond donors (Lipinski definition) is 2. The first-order chi connectivity index (χ1) is 21.4. The lowest BCUT2D eigenvalue weighted by atomic mass is 9.92. The van der Waals surface area contributed by atoms with Crippen molar-refractivity contribution in [3.05, 3.63) is 70.8 Å². The minimum atomic E-state index is -1.04. The summed E-state index contributed by atoms with van der Waals surface area (Å²) in [7, 11) is 0. The fourth-order valence-electron chi connectivity index (χ4n) is 5.52. The lowest BCUT2D eigenvalue weighted by molar-refractivity contribution is -0.159. The number of benzene rings is 2. The van der Waals surface area contributed by atoms with Gasteiger partial charge in [0.25, 0.3) is 0 Å². The van der Waals surface area contributed by atoms with Gasteiger partial charge in [0.2, 0.25) is 11.8 Å². The van der Waals surface area contributed by atoms with E-state index >= 15 is 0 Å². The zero-order chi connectivity index (χ0) is 34.4. The number of alkyl carbamates (subject to hydrolysis) is 1. The van der Waals surface area contributed by atoms with Crippen LogP contribution < -0.4 is 10.6 Å². The summed E-state index contributed by atoms with van der Waals surface area (Å²) < 4.78 is 11.3. The fraction of sp³-hybridized carbons (Fsp3) is 0.568. The Bertz CT molecular complexity index is 1350. The highest BCUT2D eigenvalue weighted by molar-refractivity contribution is 5.94. The van der Waals surface area contributed by atoms with E-state index in [9.17, 15) is 19.2 Å². The van der Waals surface area contributed by atoms with Crippen molar-refractivity contribution in [1.29, 1.82) is 0 Å². The van der Waals surface area contributed by atoms with Gasteiger partial charge in [0, 0.05) is 12.5 Å². The van der Waals surface area contributed by atoms with E-state index in [2.05, 4.69) is 10.6 Å². The van der Waals surface area contributed by atoms with E-state index in [1.165, 1.54) is 0 Å². The van der Waals surface area contributed by atoms with E-state index in [0.29, 0.717) is 12.0 Å². The summed E-state index contributed by atoms with van der Waals surface area (Å²) in [4.78, 5) is 57.3. The van der Waals surface area contributed by atoms with E-state index in [0.717, 1.165) is 29.5 Å². The van der Waals surface area contributed by atoms with Crippen LogP contribution in [0.4, 0.5) is 4.79 Å². The second-order valence-electron chi connectivity index (χ2n) is 14.8. The molecule has 1 fully saturated rings. The van der Waals surface area contributed by atoms with Gasteiger partial charge < -0.3 is 25.0 Å². The van der Waals surface area contributed by atoms with Crippen LogP contribution in [0.1, 0.15) is 103 Å². The second kappa shape index (κ2) is 15.1. The van der Waals surface area contributed by atoms with E-state index in [4.69, 9.17) is 9.47 Å². The molecule has 0 bridgehead atoms. The molecule has 0 saturated heterocycles. The molecule has 9 nitrogen and oxygen atoms in total. The maximum Gasteiger partial charge on any atom is 0.408 e. The quantitative estimate of drug-likeness (QED) is 0.263. The topological polar surface area (TPSA) is 114 Å². The Labute approximate surface area is 274 Å². The zero-order valence-corrected chi connectivity index (χ0v) is 29.2. The van der Waals surface area contributed by atoms with Crippen molar-refractivity contribution >= 4 is 23.9 Å². The number of ether oxygens (including phenoxy) is 2. The van der Waals surface area contributed by atoms with E-state index in [1.54, 1.807) is 46.4 Å². The highest BCUT2D eigenvalue weighted by Gasteiger charge is 2.45. The number of hydrogen-bond acceptors (Lipinski definition) is 6. The largest absolute Gasteiger partial charge is 0.458 e. The minimum absolute atomic E-state index is 0.0693. The lowest BCUT2D eigenvalue weighted by Gasteiger charge is -2.37. The Kier molecular flexibility index (Phi) is 12.0.